The quantitative estimate of drug-likeness (QED) is 0.665. The molecule has 1 aliphatic rings. The highest BCUT2D eigenvalue weighted by molar-refractivity contribution is 5.79. The molecule has 1 saturated heterocycles. The van der Waals surface area contributed by atoms with Crippen LogP contribution in [0.25, 0.3) is 0 Å². The van der Waals surface area contributed by atoms with Crippen LogP contribution in [0.3, 0.4) is 0 Å². The molecule has 22 heavy (non-hydrogen) atoms. The smallest absolute Gasteiger partial charge is 0.193 e. The number of aryl methyl sites for hydroxylation is 1. The van der Waals surface area contributed by atoms with Crippen LogP contribution in [-0.4, -0.2) is 61.1 Å². The second kappa shape index (κ2) is 8.22. The Morgan fingerprint density at radius 1 is 1.36 bits per heavy atom. The van der Waals surface area contributed by atoms with Crippen LogP contribution in [0.5, 0.6) is 0 Å². The van der Waals surface area contributed by atoms with Crippen molar-refractivity contribution in [3.05, 3.63) is 24.0 Å². The first-order valence-electron chi connectivity index (χ1n) is 8.30. The fraction of sp³-hybridized carbons (Fsp3) is 0.706. The van der Waals surface area contributed by atoms with E-state index in [0.717, 1.165) is 25.0 Å². The van der Waals surface area contributed by atoms with Crippen molar-refractivity contribution in [1.29, 1.82) is 0 Å². The summed E-state index contributed by atoms with van der Waals surface area (Å²) >= 11 is 0. The maximum Gasteiger partial charge on any atom is 0.193 e. The number of aromatic nitrogens is 1. The molecule has 0 atom stereocenters. The van der Waals surface area contributed by atoms with E-state index in [2.05, 4.69) is 64.1 Å². The minimum absolute atomic E-state index is 0.861. The molecular formula is C17H31N5. The third kappa shape index (κ3) is 4.77. The predicted octanol–water partition coefficient (Wildman–Crippen LogP) is 1.76. The molecule has 0 amide bonds. The van der Waals surface area contributed by atoms with Gasteiger partial charge in [-0.25, -0.2) is 0 Å². The lowest BCUT2D eigenvalue weighted by Crippen LogP contribution is -2.40. The van der Waals surface area contributed by atoms with Crippen LogP contribution in [0.15, 0.2) is 23.3 Å². The summed E-state index contributed by atoms with van der Waals surface area (Å²) in [6.45, 7) is 4.37. The van der Waals surface area contributed by atoms with Crippen molar-refractivity contribution in [3.63, 3.8) is 0 Å². The number of likely N-dealkylation sites (tertiary alicyclic amines) is 1. The largest absolute Gasteiger partial charge is 0.356 e. The first-order chi connectivity index (χ1) is 10.6. The van der Waals surface area contributed by atoms with E-state index in [4.69, 9.17) is 0 Å². The summed E-state index contributed by atoms with van der Waals surface area (Å²) in [5.74, 6) is 1.84. The molecule has 0 spiro atoms. The number of piperidine rings is 1. The Balaban J connectivity index is 1.74. The number of nitrogens with one attached hydrogen (secondary N) is 1. The summed E-state index contributed by atoms with van der Waals surface area (Å²) in [6, 6.07) is 4.24. The van der Waals surface area contributed by atoms with Gasteiger partial charge in [0.2, 0.25) is 0 Å². The van der Waals surface area contributed by atoms with E-state index in [-0.39, 0.29) is 0 Å². The molecule has 0 aromatic carbocycles. The molecule has 1 N–H and O–H groups in total. The lowest BCUT2D eigenvalue weighted by molar-refractivity contribution is 0.212. The number of rotatable bonds is 5. The first-order valence-corrected chi connectivity index (χ1v) is 8.30. The van der Waals surface area contributed by atoms with Crippen LogP contribution in [0.1, 0.15) is 25.0 Å². The number of hydrogen-bond donors (Lipinski definition) is 1. The number of guanidine groups is 1. The van der Waals surface area contributed by atoms with Gasteiger partial charge in [-0.2, -0.15) is 0 Å². The van der Waals surface area contributed by atoms with Gasteiger partial charge in [-0.1, -0.05) is 0 Å². The standard InChI is InChI=1S/C17H31N5/c1-18-17(22(4)14-16-6-5-11-21(16)3)19-10-7-15-8-12-20(2)13-9-15/h5-6,11,15H,7-10,12-14H2,1-4H3,(H,18,19). The average molecular weight is 305 g/mol. The van der Waals surface area contributed by atoms with Crippen LogP contribution in [0, 0.1) is 5.92 Å². The summed E-state index contributed by atoms with van der Waals surface area (Å²) < 4.78 is 2.16. The van der Waals surface area contributed by atoms with Gasteiger partial charge in [0, 0.05) is 39.6 Å². The van der Waals surface area contributed by atoms with Crippen molar-refractivity contribution in [1.82, 2.24) is 19.7 Å². The Kier molecular flexibility index (Phi) is 6.31. The van der Waals surface area contributed by atoms with Crippen molar-refractivity contribution >= 4 is 5.96 Å². The van der Waals surface area contributed by atoms with Gasteiger partial charge in [0.15, 0.2) is 5.96 Å². The second-order valence-electron chi connectivity index (χ2n) is 6.48. The Bertz CT molecular complexity index is 471. The third-order valence-electron chi connectivity index (χ3n) is 4.70. The van der Waals surface area contributed by atoms with Crippen LogP contribution in [-0.2, 0) is 13.6 Å². The van der Waals surface area contributed by atoms with Gasteiger partial charge in [0.1, 0.15) is 0 Å². The highest BCUT2D eigenvalue weighted by atomic mass is 15.3. The van der Waals surface area contributed by atoms with Crippen LogP contribution >= 0.6 is 0 Å². The van der Waals surface area contributed by atoms with Crippen molar-refractivity contribution in [2.75, 3.05) is 40.8 Å². The lowest BCUT2D eigenvalue weighted by atomic mass is 9.94. The molecule has 5 nitrogen and oxygen atoms in total. The van der Waals surface area contributed by atoms with Gasteiger partial charge in [-0.15, -0.1) is 0 Å². The zero-order valence-electron chi connectivity index (χ0n) is 14.5. The zero-order valence-corrected chi connectivity index (χ0v) is 14.5. The van der Waals surface area contributed by atoms with Gasteiger partial charge in [0.05, 0.1) is 6.54 Å². The molecule has 5 heteroatoms. The normalized spacial score (nSPS) is 17.7. The second-order valence-corrected chi connectivity index (χ2v) is 6.48. The van der Waals surface area contributed by atoms with Crippen molar-refractivity contribution in [2.24, 2.45) is 18.0 Å². The van der Waals surface area contributed by atoms with Crippen molar-refractivity contribution in [3.8, 4) is 0 Å². The van der Waals surface area contributed by atoms with E-state index in [1.54, 1.807) is 0 Å². The Morgan fingerprint density at radius 3 is 2.68 bits per heavy atom. The minimum Gasteiger partial charge on any atom is -0.356 e. The molecule has 1 fully saturated rings. The summed E-state index contributed by atoms with van der Waals surface area (Å²) in [7, 11) is 8.26. The topological polar surface area (TPSA) is 35.8 Å². The summed E-state index contributed by atoms with van der Waals surface area (Å²) in [6.07, 6.45) is 5.98. The maximum atomic E-state index is 4.41. The minimum atomic E-state index is 0.861. The molecule has 1 aliphatic heterocycles. The van der Waals surface area contributed by atoms with Crippen molar-refractivity contribution in [2.45, 2.75) is 25.8 Å². The molecular weight excluding hydrogens is 274 g/mol. The van der Waals surface area contributed by atoms with E-state index in [0.29, 0.717) is 0 Å². The van der Waals surface area contributed by atoms with E-state index in [9.17, 15) is 0 Å². The first kappa shape index (κ1) is 16.9. The van der Waals surface area contributed by atoms with E-state index in [1.807, 2.05) is 7.05 Å². The zero-order chi connectivity index (χ0) is 15.9. The molecule has 1 aromatic heterocycles. The molecule has 0 radical (unpaired) electrons. The number of aliphatic imine (C=N–C) groups is 1. The molecule has 124 valence electrons. The third-order valence-corrected chi connectivity index (χ3v) is 4.70. The number of nitrogens with zero attached hydrogens (tertiary/aromatic N) is 4. The molecule has 0 bridgehead atoms. The Morgan fingerprint density at radius 2 is 2.09 bits per heavy atom. The van der Waals surface area contributed by atoms with E-state index in [1.165, 1.54) is 38.0 Å². The van der Waals surface area contributed by atoms with Gasteiger partial charge >= 0.3 is 0 Å². The van der Waals surface area contributed by atoms with Crippen LogP contribution < -0.4 is 5.32 Å². The highest BCUT2D eigenvalue weighted by Crippen LogP contribution is 2.18. The Labute approximate surface area is 135 Å². The van der Waals surface area contributed by atoms with E-state index >= 15 is 0 Å². The summed E-state index contributed by atoms with van der Waals surface area (Å²) in [5, 5.41) is 3.51. The molecule has 2 rings (SSSR count). The van der Waals surface area contributed by atoms with Crippen molar-refractivity contribution < 1.29 is 0 Å². The summed E-state index contributed by atoms with van der Waals surface area (Å²) in [4.78, 5) is 9.02. The highest BCUT2D eigenvalue weighted by Gasteiger charge is 2.16. The van der Waals surface area contributed by atoms with Gasteiger partial charge in [-0.05, 0) is 57.5 Å². The lowest BCUT2D eigenvalue weighted by Gasteiger charge is -2.29. The molecule has 0 saturated carbocycles. The van der Waals surface area contributed by atoms with Crippen LogP contribution in [0.2, 0.25) is 0 Å². The molecule has 2 heterocycles. The van der Waals surface area contributed by atoms with Crippen LogP contribution in [0.4, 0.5) is 0 Å². The fourth-order valence-corrected chi connectivity index (χ4v) is 3.10. The van der Waals surface area contributed by atoms with Gasteiger partial charge in [-0.3, -0.25) is 4.99 Å². The average Bonchev–Trinajstić information content (AvgIpc) is 2.90. The molecule has 0 unspecified atom stereocenters. The fourth-order valence-electron chi connectivity index (χ4n) is 3.10. The van der Waals surface area contributed by atoms with Gasteiger partial charge < -0.3 is 19.7 Å². The van der Waals surface area contributed by atoms with E-state index < -0.39 is 0 Å². The monoisotopic (exact) mass is 305 g/mol. The molecule has 0 aliphatic carbocycles. The van der Waals surface area contributed by atoms with Gasteiger partial charge in [0.25, 0.3) is 0 Å². The number of hydrogen-bond acceptors (Lipinski definition) is 2. The molecule has 1 aromatic rings. The predicted molar refractivity (Wildman–Crippen MR) is 93.1 cm³/mol. The Hall–Kier alpha value is -1.49. The maximum absolute atomic E-state index is 4.41. The SMILES string of the molecule is CN=C(NCCC1CCN(C)CC1)N(C)Cc1cccn1C. The summed E-state index contributed by atoms with van der Waals surface area (Å²) in [5.41, 5.74) is 1.29.